The van der Waals surface area contributed by atoms with Gasteiger partial charge in [-0.25, -0.2) is 9.18 Å². The second-order valence-corrected chi connectivity index (χ2v) is 6.04. The van der Waals surface area contributed by atoms with E-state index in [4.69, 9.17) is 16.7 Å². The standard InChI is InChI=1S/C13H13BrClFN2O3/c14-8-5-9(15)11(6-10(8)16)17-13(21)18-3-1-7(2-4-18)12(19)20/h5-7H,1-4H2,(H,17,21)(H,19,20). The van der Waals surface area contributed by atoms with E-state index in [0.717, 1.165) is 6.07 Å². The van der Waals surface area contributed by atoms with E-state index in [-0.39, 0.29) is 15.2 Å². The van der Waals surface area contributed by atoms with Crippen LogP contribution in [0.25, 0.3) is 0 Å². The van der Waals surface area contributed by atoms with E-state index in [1.165, 1.54) is 11.0 Å². The first kappa shape index (κ1) is 16.0. The highest BCUT2D eigenvalue weighted by molar-refractivity contribution is 9.10. The van der Waals surface area contributed by atoms with Gasteiger partial charge >= 0.3 is 12.0 Å². The van der Waals surface area contributed by atoms with Crippen LogP contribution in [0.2, 0.25) is 5.02 Å². The van der Waals surface area contributed by atoms with Crippen molar-refractivity contribution in [2.24, 2.45) is 5.92 Å². The van der Waals surface area contributed by atoms with Crippen molar-refractivity contribution in [1.82, 2.24) is 4.90 Å². The lowest BCUT2D eigenvalue weighted by Gasteiger charge is -2.30. The Hall–Kier alpha value is -1.34. The highest BCUT2D eigenvalue weighted by Crippen LogP contribution is 2.29. The normalized spacial score (nSPS) is 15.9. The fourth-order valence-electron chi connectivity index (χ4n) is 2.14. The monoisotopic (exact) mass is 378 g/mol. The second kappa shape index (κ2) is 6.62. The molecule has 5 nitrogen and oxygen atoms in total. The maximum Gasteiger partial charge on any atom is 0.321 e. The summed E-state index contributed by atoms with van der Waals surface area (Å²) in [7, 11) is 0. The van der Waals surface area contributed by atoms with Gasteiger partial charge in [0.05, 0.1) is 21.1 Å². The third kappa shape index (κ3) is 3.85. The van der Waals surface area contributed by atoms with Gasteiger partial charge in [-0.15, -0.1) is 0 Å². The van der Waals surface area contributed by atoms with Crippen LogP contribution in [0.5, 0.6) is 0 Å². The van der Waals surface area contributed by atoms with E-state index in [9.17, 15) is 14.0 Å². The van der Waals surface area contributed by atoms with Gasteiger partial charge in [-0.1, -0.05) is 11.6 Å². The van der Waals surface area contributed by atoms with Crippen molar-refractivity contribution in [2.75, 3.05) is 18.4 Å². The summed E-state index contributed by atoms with van der Waals surface area (Å²) in [5.41, 5.74) is 0.183. The van der Waals surface area contributed by atoms with Gasteiger partial charge in [0.2, 0.25) is 0 Å². The molecule has 2 amide bonds. The summed E-state index contributed by atoms with van der Waals surface area (Å²) in [6.07, 6.45) is 0.816. The lowest BCUT2D eigenvalue weighted by Crippen LogP contribution is -2.42. The number of carbonyl (C=O) groups is 2. The molecule has 1 fully saturated rings. The first-order chi connectivity index (χ1) is 9.88. The quantitative estimate of drug-likeness (QED) is 0.772. The van der Waals surface area contributed by atoms with Crippen molar-refractivity contribution in [2.45, 2.75) is 12.8 Å². The number of likely N-dealkylation sites (tertiary alicyclic amines) is 1. The Bertz CT molecular complexity index is 577. The molecule has 1 aliphatic rings. The van der Waals surface area contributed by atoms with Crippen molar-refractivity contribution >= 4 is 45.2 Å². The number of carbonyl (C=O) groups excluding carboxylic acids is 1. The molecule has 1 aliphatic heterocycles. The van der Waals surface area contributed by atoms with Crippen LogP contribution in [0, 0.1) is 11.7 Å². The molecule has 1 heterocycles. The molecule has 0 unspecified atom stereocenters. The van der Waals surface area contributed by atoms with E-state index in [1.807, 2.05) is 0 Å². The zero-order chi connectivity index (χ0) is 15.6. The highest BCUT2D eigenvalue weighted by atomic mass is 79.9. The SMILES string of the molecule is O=C(O)C1CCN(C(=O)Nc2cc(F)c(Br)cc2Cl)CC1. The molecule has 2 N–H and O–H groups in total. The minimum atomic E-state index is -0.840. The minimum Gasteiger partial charge on any atom is -0.481 e. The van der Waals surface area contributed by atoms with Gasteiger partial charge in [0, 0.05) is 19.2 Å². The first-order valence-electron chi connectivity index (χ1n) is 6.31. The summed E-state index contributed by atoms with van der Waals surface area (Å²) in [6.45, 7) is 0.693. The Balaban J connectivity index is 2.00. The van der Waals surface area contributed by atoms with Gasteiger partial charge < -0.3 is 15.3 Å². The molecule has 2 rings (SSSR count). The Morgan fingerprint density at radius 2 is 2.00 bits per heavy atom. The van der Waals surface area contributed by atoms with Crippen LogP contribution in [0.3, 0.4) is 0 Å². The Labute approximate surface area is 134 Å². The number of piperidine rings is 1. The van der Waals surface area contributed by atoms with E-state index in [0.29, 0.717) is 25.9 Å². The zero-order valence-corrected chi connectivity index (χ0v) is 13.2. The third-order valence-electron chi connectivity index (χ3n) is 3.38. The maximum atomic E-state index is 13.5. The fourth-order valence-corrected chi connectivity index (χ4v) is 2.83. The number of hydrogen-bond donors (Lipinski definition) is 2. The molecule has 1 saturated heterocycles. The number of halogens is 3. The number of aliphatic carboxylic acids is 1. The lowest BCUT2D eigenvalue weighted by molar-refractivity contribution is -0.143. The molecule has 0 bridgehead atoms. The number of urea groups is 1. The van der Waals surface area contributed by atoms with Crippen LogP contribution in [0.1, 0.15) is 12.8 Å². The van der Waals surface area contributed by atoms with Gasteiger partial charge in [-0.3, -0.25) is 4.79 Å². The van der Waals surface area contributed by atoms with Gasteiger partial charge in [-0.05, 0) is 34.8 Å². The van der Waals surface area contributed by atoms with Crippen LogP contribution in [0.4, 0.5) is 14.9 Å². The molecule has 21 heavy (non-hydrogen) atoms. The van der Waals surface area contributed by atoms with Crippen molar-refractivity contribution in [1.29, 1.82) is 0 Å². The average molecular weight is 380 g/mol. The smallest absolute Gasteiger partial charge is 0.321 e. The predicted octanol–water partition coefficient (Wildman–Crippen LogP) is 3.57. The van der Waals surface area contributed by atoms with Crippen molar-refractivity contribution in [3.8, 4) is 0 Å². The molecule has 0 aliphatic carbocycles. The average Bonchev–Trinajstić information content (AvgIpc) is 2.44. The highest BCUT2D eigenvalue weighted by Gasteiger charge is 2.27. The largest absolute Gasteiger partial charge is 0.481 e. The molecule has 0 radical (unpaired) electrons. The summed E-state index contributed by atoms with van der Waals surface area (Å²) < 4.78 is 13.7. The lowest BCUT2D eigenvalue weighted by atomic mass is 9.97. The predicted molar refractivity (Wildman–Crippen MR) is 80.1 cm³/mol. The fraction of sp³-hybridized carbons (Fsp3) is 0.385. The van der Waals surface area contributed by atoms with Crippen LogP contribution in [-0.2, 0) is 4.79 Å². The Kier molecular flexibility index (Phi) is 5.05. The van der Waals surface area contributed by atoms with Crippen LogP contribution in [-0.4, -0.2) is 35.1 Å². The second-order valence-electron chi connectivity index (χ2n) is 4.78. The van der Waals surface area contributed by atoms with E-state index in [1.54, 1.807) is 0 Å². The summed E-state index contributed by atoms with van der Waals surface area (Å²) >= 11 is 8.95. The number of carboxylic acids is 1. The molecule has 8 heteroatoms. The van der Waals surface area contributed by atoms with Gasteiger partial charge in [0.1, 0.15) is 5.82 Å². The van der Waals surface area contributed by atoms with E-state index >= 15 is 0 Å². The number of rotatable bonds is 2. The number of anilines is 1. The number of nitrogens with zero attached hydrogens (tertiary/aromatic N) is 1. The number of hydrogen-bond acceptors (Lipinski definition) is 2. The zero-order valence-electron chi connectivity index (χ0n) is 10.9. The summed E-state index contributed by atoms with van der Waals surface area (Å²) in [4.78, 5) is 24.4. The van der Waals surface area contributed by atoms with Crippen molar-refractivity contribution in [3.05, 3.63) is 27.4 Å². The maximum absolute atomic E-state index is 13.5. The molecule has 0 saturated carbocycles. The Morgan fingerprint density at radius 1 is 1.38 bits per heavy atom. The van der Waals surface area contributed by atoms with Gasteiger partial charge in [0.15, 0.2) is 0 Å². The van der Waals surface area contributed by atoms with E-state index in [2.05, 4.69) is 21.2 Å². The third-order valence-corrected chi connectivity index (χ3v) is 4.30. The summed E-state index contributed by atoms with van der Waals surface area (Å²) in [5.74, 6) is -1.78. The van der Waals surface area contributed by atoms with Crippen LogP contribution < -0.4 is 5.32 Å². The van der Waals surface area contributed by atoms with Crippen LogP contribution in [0.15, 0.2) is 16.6 Å². The molecular formula is C13H13BrClFN2O3. The van der Waals surface area contributed by atoms with Crippen LogP contribution >= 0.6 is 27.5 Å². The molecule has 0 aromatic heterocycles. The van der Waals surface area contributed by atoms with Gasteiger partial charge in [0.25, 0.3) is 0 Å². The topological polar surface area (TPSA) is 69.6 Å². The molecule has 0 spiro atoms. The molecule has 0 atom stereocenters. The molecule has 1 aromatic carbocycles. The molecule has 114 valence electrons. The first-order valence-corrected chi connectivity index (χ1v) is 7.49. The van der Waals surface area contributed by atoms with E-state index < -0.39 is 23.7 Å². The Morgan fingerprint density at radius 3 is 2.57 bits per heavy atom. The number of amides is 2. The van der Waals surface area contributed by atoms with Crippen molar-refractivity contribution in [3.63, 3.8) is 0 Å². The minimum absolute atomic E-state index is 0.183. The number of nitrogens with one attached hydrogen (secondary N) is 1. The summed E-state index contributed by atoms with van der Waals surface area (Å²) in [5, 5.41) is 11.7. The summed E-state index contributed by atoms with van der Waals surface area (Å²) in [6, 6.07) is 2.08. The molecular weight excluding hydrogens is 367 g/mol. The number of benzene rings is 1. The molecule has 1 aromatic rings. The number of carboxylic acid groups (broad SMARTS) is 1. The van der Waals surface area contributed by atoms with Gasteiger partial charge in [-0.2, -0.15) is 0 Å². The van der Waals surface area contributed by atoms with Crippen molar-refractivity contribution < 1.29 is 19.1 Å².